The third-order valence-corrected chi connectivity index (χ3v) is 1.55. The predicted octanol–water partition coefficient (Wildman–Crippen LogP) is 1.99. The van der Waals surface area contributed by atoms with E-state index in [4.69, 9.17) is 0 Å². The molecular formula is C9H11N. The lowest BCUT2D eigenvalue weighted by molar-refractivity contribution is 1.12. The molecule has 1 unspecified atom stereocenters. The van der Waals surface area contributed by atoms with Crippen molar-refractivity contribution >= 4 is 5.71 Å². The van der Waals surface area contributed by atoms with Gasteiger partial charge in [-0.3, -0.25) is 4.99 Å². The molecule has 52 valence electrons. The van der Waals surface area contributed by atoms with Gasteiger partial charge in [0.1, 0.15) is 0 Å². The molecule has 0 N–H and O–H groups in total. The van der Waals surface area contributed by atoms with Gasteiger partial charge in [0, 0.05) is 18.7 Å². The van der Waals surface area contributed by atoms with E-state index in [-0.39, 0.29) is 0 Å². The Balaban J connectivity index is 2.83. The summed E-state index contributed by atoms with van der Waals surface area (Å²) in [7, 11) is 1.80. The molecule has 1 aliphatic carbocycles. The van der Waals surface area contributed by atoms with E-state index in [1.165, 1.54) is 0 Å². The fourth-order valence-corrected chi connectivity index (χ4v) is 0.971. The first-order valence-electron chi connectivity index (χ1n) is 3.32. The zero-order chi connectivity index (χ0) is 7.40. The lowest BCUT2D eigenvalue weighted by Gasteiger charge is -2.09. The van der Waals surface area contributed by atoms with Crippen molar-refractivity contribution in [1.82, 2.24) is 0 Å². The van der Waals surface area contributed by atoms with E-state index in [0.29, 0.717) is 5.92 Å². The van der Waals surface area contributed by atoms with E-state index in [1.807, 2.05) is 24.3 Å². The van der Waals surface area contributed by atoms with Gasteiger partial charge in [0.15, 0.2) is 0 Å². The third-order valence-electron chi connectivity index (χ3n) is 1.55. The van der Waals surface area contributed by atoms with Gasteiger partial charge in [-0.1, -0.05) is 24.3 Å². The molecule has 0 radical (unpaired) electrons. The molecule has 1 atom stereocenters. The van der Waals surface area contributed by atoms with Crippen LogP contribution in [0.3, 0.4) is 0 Å². The Hall–Kier alpha value is -1.11. The Labute approximate surface area is 61.5 Å². The first kappa shape index (κ1) is 7.00. The molecule has 1 rings (SSSR count). The van der Waals surface area contributed by atoms with E-state index >= 15 is 0 Å². The van der Waals surface area contributed by atoms with Gasteiger partial charge < -0.3 is 0 Å². The topological polar surface area (TPSA) is 12.4 Å². The molecule has 0 aliphatic heterocycles. The summed E-state index contributed by atoms with van der Waals surface area (Å²) in [5.74, 6) is 0.315. The Morgan fingerprint density at radius 1 is 1.60 bits per heavy atom. The molecule has 0 aromatic carbocycles. The summed E-state index contributed by atoms with van der Waals surface area (Å²) in [6, 6.07) is 0. The first-order chi connectivity index (χ1) is 4.88. The van der Waals surface area contributed by atoms with Gasteiger partial charge in [-0.25, -0.2) is 0 Å². The largest absolute Gasteiger partial charge is 0.292 e. The first-order valence-corrected chi connectivity index (χ1v) is 3.32. The molecule has 0 fully saturated rings. The summed E-state index contributed by atoms with van der Waals surface area (Å²) in [5, 5.41) is 0. The van der Waals surface area contributed by atoms with Gasteiger partial charge in [-0.15, -0.1) is 6.58 Å². The lowest BCUT2D eigenvalue weighted by Crippen LogP contribution is -2.08. The van der Waals surface area contributed by atoms with E-state index in [1.54, 1.807) is 7.05 Å². The summed E-state index contributed by atoms with van der Waals surface area (Å²) < 4.78 is 0. The Bertz CT molecular complexity index is 209. The van der Waals surface area contributed by atoms with Crippen molar-refractivity contribution in [2.24, 2.45) is 10.9 Å². The molecule has 0 spiro atoms. The van der Waals surface area contributed by atoms with Crippen molar-refractivity contribution in [1.29, 1.82) is 0 Å². The Kier molecular flexibility index (Phi) is 2.21. The molecule has 10 heavy (non-hydrogen) atoms. The maximum absolute atomic E-state index is 4.11. The number of rotatable bonds is 1. The monoisotopic (exact) mass is 133 g/mol. The molecule has 0 amide bonds. The number of hydrogen-bond acceptors (Lipinski definition) is 1. The SMILES string of the molecule is C=CC1C=CC=C/C1=N/C. The average molecular weight is 133 g/mol. The highest BCUT2D eigenvalue weighted by Crippen LogP contribution is 2.09. The van der Waals surface area contributed by atoms with E-state index < -0.39 is 0 Å². The molecule has 1 aliphatic rings. The van der Waals surface area contributed by atoms with Gasteiger partial charge in [0.05, 0.1) is 0 Å². The zero-order valence-electron chi connectivity index (χ0n) is 6.12. The smallest absolute Gasteiger partial charge is 0.0451 e. The summed E-state index contributed by atoms with van der Waals surface area (Å²) in [6.07, 6.45) is 9.98. The molecule has 0 aromatic heterocycles. The van der Waals surface area contributed by atoms with Crippen LogP contribution >= 0.6 is 0 Å². The summed E-state index contributed by atoms with van der Waals surface area (Å²) in [4.78, 5) is 4.11. The quantitative estimate of drug-likeness (QED) is 0.485. The molecule has 0 heterocycles. The van der Waals surface area contributed by atoms with Crippen LogP contribution in [0.25, 0.3) is 0 Å². The third kappa shape index (κ3) is 1.24. The fourth-order valence-electron chi connectivity index (χ4n) is 0.971. The van der Waals surface area contributed by atoms with Crippen molar-refractivity contribution in [2.75, 3.05) is 7.05 Å². The fraction of sp³-hybridized carbons (Fsp3) is 0.222. The van der Waals surface area contributed by atoms with Crippen LogP contribution in [0, 0.1) is 5.92 Å². The normalized spacial score (nSPS) is 27.3. The second-order valence-electron chi connectivity index (χ2n) is 2.15. The number of hydrogen-bond donors (Lipinski definition) is 0. The molecule has 1 nitrogen and oxygen atoms in total. The number of aliphatic imine (C=N–C) groups is 1. The minimum Gasteiger partial charge on any atom is -0.292 e. The Morgan fingerprint density at radius 3 is 2.90 bits per heavy atom. The van der Waals surface area contributed by atoms with Crippen LogP contribution in [0.5, 0.6) is 0 Å². The predicted molar refractivity (Wildman–Crippen MR) is 45.3 cm³/mol. The van der Waals surface area contributed by atoms with E-state index in [0.717, 1.165) is 5.71 Å². The van der Waals surface area contributed by atoms with Gasteiger partial charge >= 0.3 is 0 Å². The van der Waals surface area contributed by atoms with Crippen LogP contribution in [0.4, 0.5) is 0 Å². The lowest BCUT2D eigenvalue weighted by atomic mass is 9.99. The molecule has 0 bridgehead atoms. The van der Waals surface area contributed by atoms with Crippen LogP contribution in [0.2, 0.25) is 0 Å². The molecule has 0 aromatic rings. The van der Waals surface area contributed by atoms with Crippen molar-refractivity contribution in [3.05, 3.63) is 37.0 Å². The number of nitrogens with zero attached hydrogens (tertiary/aromatic N) is 1. The van der Waals surface area contributed by atoms with Gasteiger partial charge in [0.2, 0.25) is 0 Å². The van der Waals surface area contributed by atoms with Crippen molar-refractivity contribution in [2.45, 2.75) is 0 Å². The Morgan fingerprint density at radius 2 is 2.40 bits per heavy atom. The van der Waals surface area contributed by atoms with Crippen LogP contribution in [0.1, 0.15) is 0 Å². The van der Waals surface area contributed by atoms with Crippen LogP contribution < -0.4 is 0 Å². The number of allylic oxidation sites excluding steroid dienone is 5. The highest BCUT2D eigenvalue weighted by atomic mass is 14.7. The minimum atomic E-state index is 0.315. The maximum Gasteiger partial charge on any atom is 0.0451 e. The maximum atomic E-state index is 4.11. The molecule has 0 saturated carbocycles. The second-order valence-corrected chi connectivity index (χ2v) is 2.15. The molecule has 1 heteroatoms. The van der Waals surface area contributed by atoms with Crippen molar-refractivity contribution in [3.8, 4) is 0 Å². The highest BCUT2D eigenvalue weighted by Gasteiger charge is 2.05. The van der Waals surface area contributed by atoms with E-state index in [2.05, 4.69) is 17.6 Å². The summed E-state index contributed by atoms with van der Waals surface area (Å²) in [6.45, 7) is 3.72. The second kappa shape index (κ2) is 3.16. The van der Waals surface area contributed by atoms with Gasteiger partial charge in [-0.05, 0) is 6.08 Å². The van der Waals surface area contributed by atoms with Crippen LogP contribution in [-0.4, -0.2) is 12.8 Å². The zero-order valence-corrected chi connectivity index (χ0v) is 6.12. The highest BCUT2D eigenvalue weighted by molar-refractivity contribution is 6.00. The van der Waals surface area contributed by atoms with Crippen molar-refractivity contribution in [3.63, 3.8) is 0 Å². The van der Waals surface area contributed by atoms with E-state index in [9.17, 15) is 0 Å². The average Bonchev–Trinajstić information content (AvgIpc) is 2.04. The minimum absolute atomic E-state index is 0.315. The van der Waals surface area contributed by atoms with Crippen LogP contribution in [-0.2, 0) is 0 Å². The standard InChI is InChI=1S/C9H11N/c1-3-8-6-4-5-7-9(8)10-2/h3-8H,1H2,2H3/b10-9-. The molecular weight excluding hydrogens is 122 g/mol. The summed E-state index contributed by atoms with van der Waals surface area (Å²) >= 11 is 0. The van der Waals surface area contributed by atoms with Gasteiger partial charge in [0.25, 0.3) is 0 Å². The molecule has 0 saturated heterocycles. The van der Waals surface area contributed by atoms with Crippen LogP contribution in [0.15, 0.2) is 42.0 Å². The van der Waals surface area contributed by atoms with Gasteiger partial charge in [-0.2, -0.15) is 0 Å². The summed E-state index contributed by atoms with van der Waals surface area (Å²) in [5.41, 5.74) is 1.08. The van der Waals surface area contributed by atoms with Crippen molar-refractivity contribution < 1.29 is 0 Å².